The number of esters is 1. The molecule has 4 nitrogen and oxygen atoms in total. The first kappa shape index (κ1) is 38.9. The molecule has 0 radical (unpaired) electrons. The standard InChI is InChI=1S/C36H70O4/c1-3-5-7-8-9-10-11-12-13-14-15-16-17-18-19-20-21-22-23-24-25-29-33-36(39)40-34(30-6-4-2)31-27-26-28-32-35(37)38/h34H,3-33H2,1-2H3,(H,37,38). The smallest absolute Gasteiger partial charge is 0.306 e. The highest BCUT2D eigenvalue weighted by Crippen LogP contribution is 2.18. The molecule has 0 aromatic rings. The molecule has 1 N–H and O–H groups in total. The van der Waals surface area contributed by atoms with Crippen molar-refractivity contribution in [3.05, 3.63) is 0 Å². The number of carbonyl (C=O) groups excluding carboxylic acids is 1. The van der Waals surface area contributed by atoms with E-state index < -0.39 is 5.97 Å². The molecule has 0 spiro atoms. The maximum absolute atomic E-state index is 12.3. The van der Waals surface area contributed by atoms with E-state index >= 15 is 0 Å². The molecular formula is C36H70O4. The second-order valence-electron chi connectivity index (χ2n) is 12.4. The summed E-state index contributed by atoms with van der Waals surface area (Å²) in [6.07, 6.45) is 37.5. The molecule has 40 heavy (non-hydrogen) atoms. The van der Waals surface area contributed by atoms with Crippen LogP contribution in [0.4, 0.5) is 0 Å². The Hall–Kier alpha value is -1.06. The molecular weight excluding hydrogens is 496 g/mol. The van der Waals surface area contributed by atoms with Crippen LogP contribution < -0.4 is 0 Å². The lowest BCUT2D eigenvalue weighted by Gasteiger charge is -2.17. The Bertz CT molecular complexity index is 533. The van der Waals surface area contributed by atoms with E-state index in [2.05, 4.69) is 13.8 Å². The van der Waals surface area contributed by atoms with Crippen molar-refractivity contribution in [1.82, 2.24) is 0 Å². The predicted octanol–water partition coefficient (Wildman–Crippen LogP) is 12.1. The number of ether oxygens (including phenoxy) is 1. The fourth-order valence-electron chi connectivity index (χ4n) is 5.64. The van der Waals surface area contributed by atoms with Gasteiger partial charge in [0.1, 0.15) is 6.10 Å². The van der Waals surface area contributed by atoms with Crippen LogP contribution in [0.25, 0.3) is 0 Å². The summed E-state index contributed by atoms with van der Waals surface area (Å²) in [6.45, 7) is 4.45. The van der Waals surface area contributed by atoms with Crippen LogP contribution in [0.2, 0.25) is 0 Å². The molecule has 0 saturated carbocycles. The average molecular weight is 567 g/mol. The summed E-state index contributed by atoms with van der Waals surface area (Å²) in [6, 6.07) is 0. The fraction of sp³-hybridized carbons (Fsp3) is 0.944. The van der Waals surface area contributed by atoms with Gasteiger partial charge in [-0.05, 0) is 32.1 Å². The summed E-state index contributed by atoms with van der Waals surface area (Å²) >= 11 is 0. The molecule has 0 aliphatic carbocycles. The summed E-state index contributed by atoms with van der Waals surface area (Å²) in [7, 11) is 0. The Morgan fingerprint density at radius 3 is 1.18 bits per heavy atom. The highest BCUT2D eigenvalue weighted by atomic mass is 16.5. The molecule has 1 atom stereocenters. The summed E-state index contributed by atoms with van der Waals surface area (Å²) < 4.78 is 5.77. The highest BCUT2D eigenvalue weighted by molar-refractivity contribution is 5.69. The van der Waals surface area contributed by atoms with Crippen LogP contribution in [0, 0.1) is 0 Å². The van der Waals surface area contributed by atoms with E-state index in [1.54, 1.807) is 0 Å². The van der Waals surface area contributed by atoms with Gasteiger partial charge in [-0.25, -0.2) is 0 Å². The minimum absolute atomic E-state index is 0.0111. The van der Waals surface area contributed by atoms with Crippen LogP contribution in [-0.4, -0.2) is 23.1 Å². The first-order valence-electron chi connectivity index (χ1n) is 18.0. The van der Waals surface area contributed by atoms with Crippen LogP contribution in [0.15, 0.2) is 0 Å². The Labute approximate surface area is 250 Å². The first-order valence-corrected chi connectivity index (χ1v) is 18.0. The van der Waals surface area contributed by atoms with Crippen molar-refractivity contribution in [3.8, 4) is 0 Å². The SMILES string of the molecule is CCCCCCCCCCCCCCCCCCCCCCCCC(=O)OC(CCCC)CCCCCC(=O)O. The monoisotopic (exact) mass is 567 g/mol. The Balaban J connectivity index is 3.43. The Morgan fingerprint density at radius 1 is 0.450 bits per heavy atom. The molecule has 4 heteroatoms. The highest BCUT2D eigenvalue weighted by Gasteiger charge is 2.14. The van der Waals surface area contributed by atoms with Gasteiger partial charge in [-0.2, -0.15) is 0 Å². The van der Waals surface area contributed by atoms with Gasteiger partial charge in [-0.15, -0.1) is 0 Å². The zero-order valence-corrected chi connectivity index (χ0v) is 27.2. The van der Waals surface area contributed by atoms with Gasteiger partial charge in [-0.1, -0.05) is 168 Å². The maximum Gasteiger partial charge on any atom is 0.306 e. The summed E-state index contributed by atoms with van der Waals surface area (Å²) in [5.41, 5.74) is 0. The fourth-order valence-corrected chi connectivity index (χ4v) is 5.64. The van der Waals surface area contributed by atoms with Gasteiger partial charge in [-0.3, -0.25) is 9.59 Å². The quantitative estimate of drug-likeness (QED) is 0.0633. The molecule has 0 aliphatic heterocycles. The number of carbonyl (C=O) groups is 2. The molecule has 0 bridgehead atoms. The zero-order valence-electron chi connectivity index (χ0n) is 27.2. The maximum atomic E-state index is 12.3. The van der Waals surface area contributed by atoms with Gasteiger partial charge in [0.25, 0.3) is 0 Å². The molecule has 0 aliphatic rings. The van der Waals surface area contributed by atoms with E-state index in [1.165, 1.54) is 128 Å². The second kappa shape index (κ2) is 32.5. The van der Waals surface area contributed by atoms with E-state index in [9.17, 15) is 9.59 Å². The number of aliphatic carboxylic acids is 1. The number of unbranched alkanes of at least 4 members (excludes halogenated alkanes) is 24. The van der Waals surface area contributed by atoms with Crippen molar-refractivity contribution >= 4 is 11.9 Å². The lowest BCUT2D eigenvalue weighted by molar-refractivity contribution is -0.150. The lowest BCUT2D eigenvalue weighted by atomic mass is 10.0. The summed E-state index contributed by atoms with van der Waals surface area (Å²) in [4.78, 5) is 22.9. The third-order valence-electron chi connectivity index (χ3n) is 8.33. The first-order chi connectivity index (χ1) is 19.6. The topological polar surface area (TPSA) is 63.6 Å². The third-order valence-corrected chi connectivity index (χ3v) is 8.33. The van der Waals surface area contributed by atoms with E-state index in [1.807, 2.05) is 0 Å². The predicted molar refractivity (Wildman–Crippen MR) is 172 cm³/mol. The van der Waals surface area contributed by atoms with Crippen molar-refractivity contribution in [2.75, 3.05) is 0 Å². The Morgan fingerprint density at radius 2 is 0.775 bits per heavy atom. The molecule has 0 saturated heterocycles. The van der Waals surface area contributed by atoms with Crippen molar-refractivity contribution in [3.63, 3.8) is 0 Å². The van der Waals surface area contributed by atoms with E-state index in [4.69, 9.17) is 9.84 Å². The van der Waals surface area contributed by atoms with Gasteiger partial charge >= 0.3 is 11.9 Å². The number of hydrogen-bond donors (Lipinski definition) is 1. The minimum atomic E-state index is -0.728. The minimum Gasteiger partial charge on any atom is -0.481 e. The molecule has 0 rings (SSSR count). The molecule has 0 amide bonds. The van der Waals surface area contributed by atoms with Crippen molar-refractivity contribution in [2.24, 2.45) is 0 Å². The number of carboxylic acids is 1. The van der Waals surface area contributed by atoms with E-state index in [-0.39, 0.29) is 18.5 Å². The van der Waals surface area contributed by atoms with Crippen molar-refractivity contribution in [2.45, 2.75) is 219 Å². The van der Waals surface area contributed by atoms with Crippen LogP contribution in [-0.2, 0) is 14.3 Å². The molecule has 238 valence electrons. The molecule has 0 heterocycles. The number of rotatable bonds is 33. The zero-order chi connectivity index (χ0) is 29.4. The third kappa shape index (κ3) is 31.5. The van der Waals surface area contributed by atoms with Gasteiger partial charge in [0.15, 0.2) is 0 Å². The molecule has 0 aromatic heterocycles. The van der Waals surface area contributed by atoms with Crippen LogP contribution >= 0.6 is 0 Å². The Kier molecular flexibility index (Phi) is 31.6. The van der Waals surface area contributed by atoms with Crippen LogP contribution in [0.5, 0.6) is 0 Å². The molecule has 0 aromatic carbocycles. The lowest BCUT2D eigenvalue weighted by Crippen LogP contribution is -2.18. The second-order valence-corrected chi connectivity index (χ2v) is 12.4. The number of carboxylic acid groups (broad SMARTS) is 1. The molecule has 0 fully saturated rings. The number of hydrogen-bond acceptors (Lipinski definition) is 3. The van der Waals surface area contributed by atoms with E-state index in [0.29, 0.717) is 12.8 Å². The molecule has 1 unspecified atom stereocenters. The van der Waals surface area contributed by atoms with Gasteiger partial charge in [0.2, 0.25) is 0 Å². The van der Waals surface area contributed by atoms with Crippen molar-refractivity contribution in [1.29, 1.82) is 0 Å². The van der Waals surface area contributed by atoms with Crippen LogP contribution in [0.3, 0.4) is 0 Å². The van der Waals surface area contributed by atoms with Crippen LogP contribution in [0.1, 0.15) is 213 Å². The van der Waals surface area contributed by atoms with Gasteiger partial charge in [0.05, 0.1) is 0 Å². The van der Waals surface area contributed by atoms with E-state index in [0.717, 1.165) is 51.4 Å². The summed E-state index contributed by atoms with van der Waals surface area (Å²) in [5.74, 6) is -0.769. The van der Waals surface area contributed by atoms with Gasteiger partial charge < -0.3 is 9.84 Å². The normalized spacial score (nSPS) is 12.1. The van der Waals surface area contributed by atoms with Crippen molar-refractivity contribution < 1.29 is 19.4 Å². The van der Waals surface area contributed by atoms with Gasteiger partial charge in [0, 0.05) is 12.8 Å². The largest absolute Gasteiger partial charge is 0.481 e. The summed E-state index contributed by atoms with van der Waals surface area (Å²) in [5, 5.41) is 8.75. The average Bonchev–Trinajstić information content (AvgIpc) is 2.94.